The van der Waals surface area contributed by atoms with Crippen molar-refractivity contribution in [3.05, 3.63) is 24.3 Å². The van der Waals surface area contributed by atoms with Crippen molar-refractivity contribution in [1.82, 2.24) is 10.2 Å². The number of likely N-dealkylation sites (N-methyl/N-ethyl adjacent to an activating group) is 1. The number of carbonyl (C=O) groups excluding carboxylic acids is 2. The second-order valence-electron chi connectivity index (χ2n) is 6.59. The molecule has 0 aromatic heterocycles. The van der Waals surface area contributed by atoms with Crippen LogP contribution in [0.2, 0.25) is 0 Å². The molecule has 1 N–H and O–H groups in total. The van der Waals surface area contributed by atoms with Crippen LogP contribution < -0.4 is 14.8 Å². The molecule has 6 nitrogen and oxygen atoms in total. The SMILES string of the molecule is CCN(CC(=O)NC(C)(C)C)C(=O)C(C)Oc1ccc(OC)cc1. The molecule has 0 aliphatic heterocycles. The Labute approximate surface area is 144 Å². The summed E-state index contributed by atoms with van der Waals surface area (Å²) in [5.41, 5.74) is -0.329. The quantitative estimate of drug-likeness (QED) is 0.829. The molecule has 0 fully saturated rings. The van der Waals surface area contributed by atoms with Crippen LogP contribution in [0.5, 0.6) is 11.5 Å². The first kappa shape index (κ1) is 19.8. The molecule has 1 atom stereocenters. The highest BCUT2D eigenvalue weighted by Gasteiger charge is 2.24. The molecule has 134 valence electrons. The van der Waals surface area contributed by atoms with Gasteiger partial charge in [-0.2, -0.15) is 0 Å². The number of amides is 2. The fraction of sp³-hybridized carbons (Fsp3) is 0.556. The molecule has 1 unspecified atom stereocenters. The van der Waals surface area contributed by atoms with Crippen molar-refractivity contribution in [2.24, 2.45) is 0 Å². The van der Waals surface area contributed by atoms with Gasteiger partial charge in [-0.25, -0.2) is 0 Å². The Morgan fingerprint density at radius 3 is 2.17 bits per heavy atom. The van der Waals surface area contributed by atoms with Crippen molar-refractivity contribution in [1.29, 1.82) is 0 Å². The van der Waals surface area contributed by atoms with Gasteiger partial charge in [0.25, 0.3) is 5.91 Å². The number of nitrogens with zero attached hydrogens (tertiary/aromatic N) is 1. The number of hydrogen-bond donors (Lipinski definition) is 1. The van der Waals surface area contributed by atoms with E-state index in [1.807, 2.05) is 27.7 Å². The standard InChI is InChI=1S/C18H28N2O4/c1-7-20(12-16(21)19-18(3,4)5)17(22)13(2)24-15-10-8-14(23-6)9-11-15/h8-11,13H,7,12H2,1-6H3,(H,19,21). The molecule has 0 aliphatic rings. The first-order valence-corrected chi connectivity index (χ1v) is 8.06. The zero-order valence-corrected chi connectivity index (χ0v) is 15.4. The van der Waals surface area contributed by atoms with Crippen LogP contribution in [0.1, 0.15) is 34.6 Å². The van der Waals surface area contributed by atoms with Gasteiger partial charge in [-0.1, -0.05) is 0 Å². The molecule has 1 rings (SSSR count). The van der Waals surface area contributed by atoms with Gasteiger partial charge in [-0.05, 0) is 58.9 Å². The number of ether oxygens (including phenoxy) is 2. The molecule has 0 saturated carbocycles. The molecule has 24 heavy (non-hydrogen) atoms. The number of hydrogen-bond acceptors (Lipinski definition) is 4. The Morgan fingerprint density at radius 2 is 1.71 bits per heavy atom. The fourth-order valence-electron chi connectivity index (χ4n) is 2.14. The minimum Gasteiger partial charge on any atom is -0.497 e. The van der Waals surface area contributed by atoms with E-state index in [-0.39, 0.29) is 23.9 Å². The van der Waals surface area contributed by atoms with E-state index >= 15 is 0 Å². The van der Waals surface area contributed by atoms with Crippen molar-refractivity contribution in [3.8, 4) is 11.5 Å². The van der Waals surface area contributed by atoms with Crippen molar-refractivity contribution in [2.75, 3.05) is 20.2 Å². The number of methoxy groups -OCH3 is 1. The summed E-state index contributed by atoms with van der Waals surface area (Å²) in [6.07, 6.45) is -0.680. The predicted octanol–water partition coefficient (Wildman–Crippen LogP) is 2.23. The second kappa shape index (κ2) is 8.57. The second-order valence-corrected chi connectivity index (χ2v) is 6.59. The van der Waals surface area contributed by atoms with Gasteiger partial charge in [-0.15, -0.1) is 0 Å². The normalized spacial score (nSPS) is 12.2. The van der Waals surface area contributed by atoms with Crippen molar-refractivity contribution >= 4 is 11.8 Å². The van der Waals surface area contributed by atoms with Crippen LogP contribution in [0.15, 0.2) is 24.3 Å². The monoisotopic (exact) mass is 336 g/mol. The molecule has 0 spiro atoms. The van der Waals surface area contributed by atoms with Crippen molar-refractivity contribution in [3.63, 3.8) is 0 Å². The van der Waals surface area contributed by atoms with Crippen LogP contribution in [-0.2, 0) is 9.59 Å². The van der Waals surface area contributed by atoms with E-state index in [0.717, 1.165) is 5.75 Å². The van der Waals surface area contributed by atoms with Gasteiger partial charge in [0.15, 0.2) is 6.10 Å². The highest BCUT2D eigenvalue weighted by molar-refractivity contribution is 5.87. The molecule has 0 saturated heterocycles. The van der Waals surface area contributed by atoms with Crippen molar-refractivity contribution in [2.45, 2.75) is 46.3 Å². The molecule has 0 bridgehead atoms. The number of carbonyl (C=O) groups is 2. The van der Waals surface area contributed by atoms with E-state index in [2.05, 4.69) is 5.32 Å². The van der Waals surface area contributed by atoms with Crippen LogP contribution in [-0.4, -0.2) is 48.6 Å². The van der Waals surface area contributed by atoms with E-state index in [1.54, 1.807) is 38.3 Å². The minimum absolute atomic E-state index is 0.0168. The van der Waals surface area contributed by atoms with Gasteiger partial charge < -0.3 is 19.7 Å². The summed E-state index contributed by atoms with van der Waals surface area (Å²) < 4.78 is 10.7. The van der Waals surface area contributed by atoms with E-state index in [0.29, 0.717) is 12.3 Å². The lowest BCUT2D eigenvalue weighted by molar-refractivity contribution is -0.141. The Morgan fingerprint density at radius 1 is 1.17 bits per heavy atom. The molecule has 1 aromatic rings. The van der Waals surface area contributed by atoms with Crippen LogP contribution in [0.25, 0.3) is 0 Å². The summed E-state index contributed by atoms with van der Waals surface area (Å²) in [4.78, 5) is 26.0. The van der Waals surface area contributed by atoms with Gasteiger partial charge in [0.05, 0.1) is 13.7 Å². The fourth-order valence-corrected chi connectivity index (χ4v) is 2.14. The number of nitrogens with one attached hydrogen (secondary N) is 1. The highest BCUT2D eigenvalue weighted by Crippen LogP contribution is 2.18. The van der Waals surface area contributed by atoms with E-state index < -0.39 is 6.10 Å². The molecular weight excluding hydrogens is 308 g/mol. The summed E-state index contributed by atoms with van der Waals surface area (Å²) in [7, 11) is 1.59. The topological polar surface area (TPSA) is 67.9 Å². The highest BCUT2D eigenvalue weighted by atomic mass is 16.5. The molecule has 0 heterocycles. The van der Waals surface area contributed by atoms with Gasteiger partial charge in [0, 0.05) is 12.1 Å². The Kier molecular flexibility index (Phi) is 7.07. The van der Waals surface area contributed by atoms with E-state index in [1.165, 1.54) is 4.90 Å². The lowest BCUT2D eigenvalue weighted by Crippen LogP contribution is -2.49. The Bertz CT molecular complexity index is 549. The Balaban J connectivity index is 2.65. The van der Waals surface area contributed by atoms with Gasteiger partial charge >= 0.3 is 0 Å². The van der Waals surface area contributed by atoms with Crippen LogP contribution in [0.3, 0.4) is 0 Å². The predicted molar refractivity (Wildman–Crippen MR) is 93.2 cm³/mol. The zero-order valence-electron chi connectivity index (χ0n) is 15.4. The lowest BCUT2D eigenvalue weighted by atomic mass is 10.1. The molecule has 0 radical (unpaired) electrons. The smallest absolute Gasteiger partial charge is 0.263 e. The summed E-state index contributed by atoms with van der Waals surface area (Å²) in [6, 6.07) is 7.01. The number of benzene rings is 1. The van der Waals surface area contributed by atoms with E-state index in [9.17, 15) is 9.59 Å². The van der Waals surface area contributed by atoms with Crippen LogP contribution in [0.4, 0.5) is 0 Å². The molecule has 2 amide bonds. The third-order valence-corrected chi connectivity index (χ3v) is 3.26. The van der Waals surface area contributed by atoms with E-state index in [4.69, 9.17) is 9.47 Å². The summed E-state index contributed by atoms with van der Waals surface area (Å²) in [5, 5.41) is 2.85. The summed E-state index contributed by atoms with van der Waals surface area (Å²) in [5.74, 6) is 0.883. The van der Waals surface area contributed by atoms with Gasteiger partial charge in [0.1, 0.15) is 11.5 Å². The average molecular weight is 336 g/mol. The maximum atomic E-state index is 12.5. The molecule has 6 heteroatoms. The third kappa shape index (κ3) is 6.48. The lowest BCUT2D eigenvalue weighted by Gasteiger charge is -2.27. The Hall–Kier alpha value is -2.24. The maximum Gasteiger partial charge on any atom is 0.263 e. The molecular formula is C18H28N2O4. The van der Waals surface area contributed by atoms with Crippen molar-refractivity contribution < 1.29 is 19.1 Å². The van der Waals surface area contributed by atoms with Gasteiger partial charge in [0.2, 0.25) is 5.91 Å². The summed E-state index contributed by atoms with van der Waals surface area (Å²) in [6.45, 7) is 9.67. The van der Waals surface area contributed by atoms with Crippen LogP contribution >= 0.6 is 0 Å². The first-order chi connectivity index (χ1) is 11.2. The van der Waals surface area contributed by atoms with Gasteiger partial charge in [-0.3, -0.25) is 9.59 Å². The maximum absolute atomic E-state index is 12.5. The molecule has 0 aliphatic carbocycles. The summed E-state index contributed by atoms with van der Waals surface area (Å²) >= 11 is 0. The minimum atomic E-state index is -0.680. The zero-order chi connectivity index (χ0) is 18.3. The number of rotatable bonds is 7. The largest absolute Gasteiger partial charge is 0.497 e. The first-order valence-electron chi connectivity index (χ1n) is 8.06. The average Bonchev–Trinajstić information content (AvgIpc) is 2.50. The van der Waals surface area contributed by atoms with Crippen LogP contribution in [0, 0.1) is 0 Å². The molecule has 1 aromatic carbocycles. The third-order valence-electron chi connectivity index (χ3n) is 3.26.